The zero-order valence-electron chi connectivity index (χ0n) is 13.1. The Kier molecular flexibility index (Phi) is 3.43. The fourth-order valence-electron chi connectivity index (χ4n) is 2.89. The Morgan fingerprint density at radius 3 is 2.33 bits per heavy atom. The third-order valence-electron chi connectivity index (χ3n) is 4.15. The molecule has 3 aromatic carbocycles. The molecule has 3 aromatic rings. The molecule has 1 aliphatic rings. The van der Waals surface area contributed by atoms with Crippen LogP contribution < -0.4 is 10.7 Å². The summed E-state index contributed by atoms with van der Waals surface area (Å²) < 4.78 is 0. The lowest BCUT2D eigenvalue weighted by molar-refractivity contribution is 0.475. The number of nitrogen functional groups attached to an aromatic ring is 1. The van der Waals surface area contributed by atoms with Gasteiger partial charge in [-0.1, -0.05) is 24.3 Å². The summed E-state index contributed by atoms with van der Waals surface area (Å²) in [6, 6.07) is 23.1. The number of rotatable bonds is 2. The van der Waals surface area contributed by atoms with Crippen LogP contribution in [0, 0.1) is 0 Å². The topological polar surface area (TPSA) is 61.8 Å². The van der Waals surface area contributed by atoms with Gasteiger partial charge >= 0.3 is 0 Å². The summed E-state index contributed by atoms with van der Waals surface area (Å²) in [5, 5.41) is 16.4. The van der Waals surface area contributed by atoms with E-state index >= 15 is 0 Å². The minimum absolute atomic E-state index is 0.249. The van der Waals surface area contributed by atoms with Gasteiger partial charge < -0.3 is 10.8 Å². The zero-order chi connectivity index (χ0) is 16.5. The molecule has 1 aliphatic heterocycles. The third kappa shape index (κ3) is 2.58. The van der Waals surface area contributed by atoms with Gasteiger partial charge in [0.15, 0.2) is 0 Å². The van der Waals surface area contributed by atoms with Gasteiger partial charge in [-0.25, -0.2) is 0 Å². The van der Waals surface area contributed by atoms with Crippen molar-refractivity contribution in [1.82, 2.24) is 0 Å². The molecule has 0 fully saturated rings. The molecule has 0 bridgehead atoms. The van der Waals surface area contributed by atoms with E-state index in [0.29, 0.717) is 6.54 Å². The number of hydrogen-bond acceptors (Lipinski definition) is 4. The molecule has 4 rings (SSSR count). The molecule has 0 spiro atoms. The van der Waals surface area contributed by atoms with Crippen LogP contribution in [0.4, 0.5) is 11.4 Å². The number of fused-ring (bicyclic) bond motifs is 1. The number of nitrogens with zero attached hydrogens (tertiary/aromatic N) is 2. The van der Waals surface area contributed by atoms with E-state index in [-0.39, 0.29) is 5.75 Å². The molecule has 4 nitrogen and oxygen atoms in total. The van der Waals surface area contributed by atoms with E-state index in [4.69, 9.17) is 10.8 Å². The van der Waals surface area contributed by atoms with Gasteiger partial charge in [-0.15, -0.1) is 0 Å². The molecule has 0 saturated heterocycles. The number of phenols is 1. The minimum Gasteiger partial charge on any atom is -0.508 e. The molecule has 0 atom stereocenters. The van der Waals surface area contributed by atoms with Gasteiger partial charge in [-0.3, -0.25) is 5.01 Å². The van der Waals surface area contributed by atoms with Crippen LogP contribution in [0.25, 0.3) is 0 Å². The van der Waals surface area contributed by atoms with Gasteiger partial charge in [0.1, 0.15) is 5.75 Å². The molecule has 118 valence electrons. The Labute approximate surface area is 140 Å². The highest BCUT2D eigenvalue weighted by molar-refractivity contribution is 6.14. The molecular formula is C20H17N3O. The van der Waals surface area contributed by atoms with E-state index in [0.717, 1.165) is 28.2 Å². The lowest BCUT2D eigenvalue weighted by Crippen LogP contribution is -2.26. The van der Waals surface area contributed by atoms with Gasteiger partial charge in [0.25, 0.3) is 0 Å². The molecule has 3 N–H and O–H groups in total. The average Bonchev–Trinajstić information content (AvgIpc) is 2.62. The van der Waals surface area contributed by atoms with Crippen molar-refractivity contribution in [3.05, 3.63) is 89.5 Å². The van der Waals surface area contributed by atoms with Gasteiger partial charge in [0, 0.05) is 16.8 Å². The highest BCUT2D eigenvalue weighted by atomic mass is 16.3. The second-order valence-corrected chi connectivity index (χ2v) is 5.80. The number of anilines is 2. The smallest absolute Gasteiger partial charge is 0.115 e. The molecule has 4 heteroatoms. The number of nitrogens with two attached hydrogens (primary N) is 1. The SMILES string of the molecule is Nc1ccc(N2Cc3ccccc3C(c3ccc(O)cc3)=N2)cc1. The van der Waals surface area contributed by atoms with Gasteiger partial charge in [0.2, 0.25) is 0 Å². The number of hydrazone groups is 1. The van der Waals surface area contributed by atoms with Crippen LogP contribution in [-0.4, -0.2) is 10.8 Å². The van der Waals surface area contributed by atoms with Crippen LogP contribution in [0.5, 0.6) is 5.75 Å². The van der Waals surface area contributed by atoms with E-state index in [9.17, 15) is 5.11 Å². The van der Waals surface area contributed by atoms with Gasteiger partial charge in [-0.05, 0) is 54.1 Å². The quantitative estimate of drug-likeness (QED) is 0.708. The second kappa shape index (κ2) is 5.74. The summed E-state index contributed by atoms with van der Waals surface area (Å²) in [6.07, 6.45) is 0. The molecule has 0 aliphatic carbocycles. The maximum atomic E-state index is 9.54. The Bertz CT molecular complexity index is 899. The highest BCUT2D eigenvalue weighted by Crippen LogP contribution is 2.28. The predicted molar refractivity (Wildman–Crippen MR) is 97.2 cm³/mol. The highest BCUT2D eigenvalue weighted by Gasteiger charge is 2.20. The normalized spacial score (nSPS) is 13.3. The molecule has 0 aromatic heterocycles. The second-order valence-electron chi connectivity index (χ2n) is 5.80. The molecule has 0 unspecified atom stereocenters. The van der Waals surface area contributed by atoms with Crippen LogP contribution in [0.1, 0.15) is 16.7 Å². The molecule has 24 heavy (non-hydrogen) atoms. The van der Waals surface area contributed by atoms with Crippen molar-refractivity contribution in [2.45, 2.75) is 6.54 Å². The van der Waals surface area contributed by atoms with Crippen LogP contribution in [0.2, 0.25) is 0 Å². The first-order valence-corrected chi connectivity index (χ1v) is 7.80. The van der Waals surface area contributed by atoms with Crippen molar-refractivity contribution in [2.75, 3.05) is 10.7 Å². The summed E-state index contributed by atoms with van der Waals surface area (Å²) in [6.45, 7) is 0.710. The zero-order valence-corrected chi connectivity index (χ0v) is 13.1. The van der Waals surface area contributed by atoms with E-state index in [1.807, 2.05) is 53.5 Å². The first kappa shape index (κ1) is 14.3. The van der Waals surface area contributed by atoms with E-state index in [1.165, 1.54) is 5.56 Å². The van der Waals surface area contributed by atoms with Crippen LogP contribution in [0.3, 0.4) is 0 Å². The fourth-order valence-corrected chi connectivity index (χ4v) is 2.89. The standard InChI is InChI=1S/C20H17N3O/c21-16-7-9-17(10-8-16)23-13-15-3-1-2-4-19(15)20(22-23)14-5-11-18(24)12-6-14/h1-12,24H,13,21H2. The van der Waals surface area contributed by atoms with Crippen molar-refractivity contribution in [3.8, 4) is 5.75 Å². The van der Waals surface area contributed by atoms with Crippen molar-refractivity contribution in [1.29, 1.82) is 0 Å². The summed E-state index contributed by atoms with van der Waals surface area (Å²) in [5.41, 5.74) is 11.7. The Balaban J connectivity index is 1.83. The van der Waals surface area contributed by atoms with E-state index in [2.05, 4.69) is 12.1 Å². The Hall–Kier alpha value is -3.27. The first-order valence-electron chi connectivity index (χ1n) is 7.80. The Morgan fingerprint density at radius 1 is 0.875 bits per heavy atom. The van der Waals surface area contributed by atoms with Crippen molar-refractivity contribution in [3.63, 3.8) is 0 Å². The summed E-state index contributed by atoms with van der Waals surface area (Å²) in [7, 11) is 0. The number of benzene rings is 3. The van der Waals surface area contributed by atoms with Crippen LogP contribution in [-0.2, 0) is 6.54 Å². The average molecular weight is 315 g/mol. The monoisotopic (exact) mass is 315 g/mol. The number of phenolic OH excluding ortho intramolecular Hbond substituents is 1. The number of aromatic hydroxyl groups is 1. The maximum Gasteiger partial charge on any atom is 0.115 e. The summed E-state index contributed by atoms with van der Waals surface area (Å²) >= 11 is 0. The Morgan fingerprint density at radius 2 is 1.58 bits per heavy atom. The molecular weight excluding hydrogens is 298 g/mol. The lowest BCUT2D eigenvalue weighted by Gasteiger charge is -2.27. The van der Waals surface area contributed by atoms with Gasteiger partial charge in [-0.2, -0.15) is 5.10 Å². The number of hydrogen-bond donors (Lipinski definition) is 2. The molecule has 0 radical (unpaired) electrons. The lowest BCUT2D eigenvalue weighted by atomic mass is 9.96. The van der Waals surface area contributed by atoms with Crippen molar-refractivity contribution >= 4 is 17.1 Å². The predicted octanol–water partition coefficient (Wildman–Crippen LogP) is 3.75. The van der Waals surface area contributed by atoms with Gasteiger partial charge in [0.05, 0.1) is 17.9 Å². The molecule has 0 saturated carbocycles. The summed E-state index contributed by atoms with van der Waals surface area (Å²) in [4.78, 5) is 0. The van der Waals surface area contributed by atoms with Crippen molar-refractivity contribution in [2.24, 2.45) is 5.10 Å². The fraction of sp³-hybridized carbons (Fsp3) is 0.0500. The first-order chi connectivity index (χ1) is 11.7. The van der Waals surface area contributed by atoms with E-state index < -0.39 is 0 Å². The molecule has 0 amide bonds. The van der Waals surface area contributed by atoms with Crippen molar-refractivity contribution < 1.29 is 5.11 Å². The third-order valence-corrected chi connectivity index (χ3v) is 4.15. The largest absolute Gasteiger partial charge is 0.508 e. The van der Waals surface area contributed by atoms with E-state index in [1.54, 1.807) is 12.1 Å². The maximum absolute atomic E-state index is 9.54. The minimum atomic E-state index is 0.249. The van der Waals surface area contributed by atoms with Crippen LogP contribution in [0.15, 0.2) is 77.9 Å². The van der Waals surface area contributed by atoms with Crippen LogP contribution >= 0.6 is 0 Å². The summed E-state index contributed by atoms with van der Waals surface area (Å²) in [5.74, 6) is 0.249. The molecule has 1 heterocycles.